The van der Waals surface area contributed by atoms with Gasteiger partial charge in [-0.3, -0.25) is 14.7 Å². The first-order valence-electron chi connectivity index (χ1n) is 11.3. The zero-order valence-electron chi connectivity index (χ0n) is 20.0. The average molecular weight is 509 g/mol. The number of allylic oxidation sites excluding steroid dienone is 1. The Morgan fingerprint density at radius 3 is 2.65 bits per heavy atom. The maximum absolute atomic E-state index is 13.7. The molecule has 3 N–H and O–H groups in total. The van der Waals surface area contributed by atoms with Crippen LogP contribution in [0.3, 0.4) is 0 Å². The van der Waals surface area contributed by atoms with Crippen LogP contribution in [0.5, 0.6) is 0 Å². The van der Waals surface area contributed by atoms with Gasteiger partial charge in [0.2, 0.25) is 0 Å². The molecule has 0 fully saturated rings. The van der Waals surface area contributed by atoms with Crippen LogP contribution in [0.4, 0.5) is 23.7 Å². The number of hydrogen-bond acceptors (Lipinski definition) is 5. The summed E-state index contributed by atoms with van der Waals surface area (Å²) in [7, 11) is 3.02. The quantitative estimate of drug-likeness (QED) is 0.609. The highest BCUT2D eigenvalue weighted by Gasteiger charge is 2.44. The Bertz CT molecular complexity index is 1400. The molecular weight excluding hydrogens is 485 g/mol. The Balaban J connectivity index is 1.97. The smallest absolute Gasteiger partial charge is 0.404 e. The Labute approximate surface area is 211 Å². The number of rotatable bonds is 4. The number of carbonyl (C=O) groups excluding carboxylic acids is 2. The van der Waals surface area contributed by atoms with Crippen molar-refractivity contribution in [2.24, 2.45) is 10.7 Å². The molecule has 8 nitrogen and oxygen atoms in total. The number of anilines is 1. The predicted octanol–water partition coefficient (Wildman–Crippen LogP) is 3.96. The van der Waals surface area contributed by atoms with E-state index in [9.17, 15) is 28.0 Å². The normalized spacial score (nSPS) is 18.7. The van der Waals surface area contributed by atoms with E-state index in [4.69, 9.17) is 5.73 Å². The van der Waals surface area contributed by atoms with Gasteiger partial charge in [-0.05, 0) is 41.5 Å². The average Bonchev–Trinajstić information content (AvgIpc) is 2.88. The van der Waals surface area contributed by atoms with Crippen molar-refractivity contribution in [2.45, 2.75) is 18.6 Å². The first kappa shape index (κ1) is 25.5. The lowest BCUT2D eigenvalue weighted by Crippen LogP contribution is -2.53. The molecule has 190 valence electrons. The zero-order chi connectivity index (χ0) is 26.9. The fraction of sp³-hybridized carbons (Fsp3) is 0.231. The molecule has 37 heavy (non-hydrogen) atoms. The topological polar surface area (TPSA) is 115 Å². The third-order valence-corrected chi connectivity index (χ3v) is 6.29. The molecule has 0 bridgehead atoms. The molecule has 2 aromatic carbocycles. The number of benzene rings is 2. The summed E-state index contributed by atoms with van der Waals surface area (Å²) in [5, 5.41) is 12.2. The van der Waals surface area contributed by atoms with Crippen molar-refractivity contribution in [3.8, 4) is 6.07 Å². The fourth-order valence-electron chi connectivity index (χ4n) is 4.65. The van der Waals surface area contributed by atoms with Crippen LogP contribution in [0.25, 0.3) is 5.57 Å². The van der Waals surface area contributed by atoms with E-state index in [0.29, 0.717) is 28.0 Å². The lowest BCUT2D eigenvalue weighted by atomic mass is 9.85. The molecule has 1 unspecified atom stereocenters. The van der Waals surface area contributed by atoms with Crippen molar-refractivity contribution in [1.29, 1.82) is 5.26 Å². The van der Waals surface area contributed by atoms with E-state index in [1.165, 1.54) is 36.5 Å². The third-order valence-electron chi connectivity index (χ3n) is 6.29. The minimum absolute atomic E-state index is 0.00744. The molecule has 1 atom stereocenters. The number of halogens is 3. The second-order valence-corrected chi connectivity index (χ2v) is 8.47. The third kappa shape index (κ3) is 4.53. The lowest BCUT2D eigenvalue weighted by molar-refractivity contribution is -0.137. The van der Waals surface area contributed by atoms with Crippen LogP contribution in [0.15, 0.2) is 64.9 Å². The van der Waals surface area contributed by atoms with Crippen LogP contribution in [-0.4, -0.2) is 43.7 Å². The van der Waals surface area contributed by atoms with Crippen molar-refractivity contribution in [1.82, 2.24) is 10.2 Å². The molecule has 4 rings (SSSR count). The molecule has 3 amide bonds. The number of nitriles is 1. The van der Waals surface area contributed by atoms with Gasteiger partial charge in [0.1, 0.15) is 0 Å². The summed E-state index contributed by atoms with van der Waals surface area (Å²) in [6.45, 7) is 0.216. The summed E-state index contributed by atoms with van der Waals surface area (Å²) in [6, 6.07) is 9.80. The summed E-state index contributed by atoms with van der Waals surface area (Å²) in [4.78, 5) is 33.4. The van der Waals surface area contributed by atoms with Gasteiger partial charge >= 0.3 is 12.2 Å². The molecule has 0 saturated heterocycles. The number of likely N-dealkylation sites (N-methyl/N-ethyl adjacent to an activating group) is 1. The Morgan fingerprint density at radius 2 is 2.00 bits per heavy atom. The Kier molecular flexibility index (Phi) is 6.76. The van der Waals surface area contributed by atoms with Gasteiger partial charge in [0, 0.05) is 50.7 Å². The monoisotopic (exact) mass is 508 g/mol. The Morgan fingerprint density at radius 1 is 1.24 bits per heavy atom. The second kappa shape index (κ2) is 9.81. The van der Waals surface area contributed by atoms with E-state index in [0.717, 1.165) is 17.0 Å². The fourth-order valence-corrected chi connectivity index (χ4v) is 4.65. The highest BCUT2D eigenvalue weighted by atomic mass is 19.4. The van der Waals surface area contributed by atoms with E-state index >= 15 is 0 Å². The highest BCUT2D eigenvalue weighted by Crippen LogP contribution is 2.43. The lowest BCUT2D eigenvalue weighted by Gasteiger charge is -2.44. The number of aliphatic imine (C=N–C) groups is 1. The van der Waals surface area contributed by atoms with E-state index in [2.05, 4.69) is 16.4 Å². The molecule has 0 saturated carbocycles. The minimum atomic E-state index is -4.60. The first-order chi connectivity index (χ1) is 17.6. The molecule has 0 radical (unpaired) electrons. The summed E-state index contributed by atoms with van der Waals surface area (Å²) in [6.07, 6.45) is -1.57. The minimum Gasteiger partial charge on any atom is -0.404 e. The summed E-state index contributed by atoms with van der Waals surface area (Å²) in [5.74, 6) is -0.444. The van der Waals surface area contributed by atoms with Crippen LogP contribution in [0, 0.1) is 11.3 Å². The number of nitrogens with one attached hydrogen (secondary N) is 1. The first-order valence-corrected chi connectivity index (χ1v) is 11.3. The van der Waals surface area contributed by atoms with E-state index in [1.807, 2.05) is 0 Å². The van der Waals surface area contributed by atoms with Gasteiger partial charge in [0.15, 0.2) is 0 Å². The van der Waals surface area contributed by atoms with Crippen LogP contribution < -0.4 is 16.0 Å². The van der Waals surface area contributed by atoms with E-state index < -0.39 is 29.7 Å². The van der Waals surface area contributed by atoms with Crippen LogP contribution >= 0.6 is 0 Å². The molecule has 0 spiro atoms. The van der Waals surface area contributed by atoms with Gasteiger partial charge in [0.05, 0.1) is 34.5 Å². The van der Waals surface area contributed by atoms with Crippen molar-refractivity contribution < 1.29 is 22.8 Å². The van der Waals surface area contributed by atoms with Gasteiger partial charge in [-0.25, -0.2) is 4.79 Å². The maximum Gasteiger partial charge on any atom is 0.416 e. The molecule has 2 aliphatic rings. The molecule has 2 aromatic rings. The predicted molar refractivity (Wildman–Crippen MR) is 132 cm³/mol. The molecule has 0 aromatic heterocycles. The van der Waals surface area contributed by atoms with E-state index in [1.54, 1.807) is 25.2 Å². The van der Waals surface area contributed by atoms with Crippen LogP contribution in [0.1, 0.15) is 34.7 Å². The Hall–Kier alpha value is -4.59. The number of hydrogen-bond donors (Lipinski definition) is 2. The molecule has 2 aliphatic heterocycles. The zero-order valence-corrected chi connectivity index (χ0v) is 20.0. The summed E-state index contributed by atoms with van der Waals surface area (Å²) in [5.41, 5.74) is 7.29. The summed E-state index contributed by atoms with van der Waals surface area (Å²) < 4.78 is 40.3. The molecule has 0 aliphatic carbocycles. The van der Waals surface area contributed by atoms with Crippen molar-refractivity contribution in [2.75, 3.05) is 25.5 Å². The molecule has 11 heteroatoms. The standard InChI is InChI=1S/C26H23F3N6O2/c1-32-14-16(13-31)20-10-15(12-30)6-7-19(20)23-22-21(8-9-33-24(22)36)35(25(37)34(23)2)18-5-3-4-17(11-18)26(27,28)29/h3-7,10-11,13-14,23H,8-9,31H2,1-2H3,(H,33,36). The van der Waals surface area contributed by atoms with Gasteiger partial charge in [-0.15, -0.1) is 0 Å². The SMILES string of the molecule is CN=CC(=CN)c1cc(C#N)ccc1C1C2=C(CCNC2=O)N(c2cccc(C(F)(F)F)c2)C(=O)N1C. The van der Waals surface area contributed by atoms with Crippen molar-refractivity contribution >= 4 is 29.4 Å². The largest absolute Gasteiger partial charge is 0.416 e. The van der Waals surface area contributed by atoms with E-state index in [-0.39, 0.29) is 24.2 Å². The molecular formula is C26H23F3N6O2. The molecule has 2 heterocycles. The van der Waals surface area contributed by atoms with Gasteiger partial charge < -0.3 is 16.0 Å². The summed E-state index contributed by atoms with van der Waals surface area (Å²) >= 11 is 0. The highest BCUT2D eigenvalue weighted by molar-refractivity contribution is 6.11. The van der Waals surface area contributed by atoms with Crippen molar-refractivity contribution in [3.05, 3.63) is 82.2 Å². The number of nitrogens with zero attached hydrogens (tertiary/aromatic N) is 4. The second-order valence-electron chi connectivity index (χ2n) is 8.47. The van der Waals surface area contributed by atoms with Gasteiger partial charge in [-0.1, -0.05) is 12.1 Å². The van der Waals surface area contributed by atoms with Gasteiger partial charge in [-0.2, -0.15) is 18.4 Å². The number of alkyl halides is 3. The number of carbonyl (C=O) groups is 2. The van der Waals surface area contributed by atoms with Crippen LogP contribution in [-0.2, 0) is 11.0 Å². The maximum atomic E-state index is 13.7. The van der Waals surface area contributed by atoms with Gasteiger partial charge in [0.25, 0.3) is 5.91 Å². The number of urea groups is 1. The number of nitrogens with two attached hydrogens (primary N) is 1. The van der Waals surface area contributed by atoms with Crippen molar-refractivity contribution in [3.63, 3.8) is 0 Å². The van der Waals surface area contributed by atoms with Crippen LogP contribution in [0.2, 0.25) is 0 Å². The number of amides is 3.